The monoisotopic (exact) mass is 350 g/mol. The van der Waals surface area contributed by atoms with Gasteiger partial charge in [-0.1, -0.05) is 98.5 Å². The van der Waals surface area contributed by atoms with E-state index in [9.17, 15) is 4.79 Å². The second-order valence-electron chi connectivity index (χ2n) is 7.67. The Morgan fingerprint density at radius 2 is 1.52 bits per heavy atom. The van der Waals surface area contributed by atoms with Crippen LogP contribution in [0, 0.1) is 0 Å². The molecule has 0 aliphatic heterocycles. The molecule has 2 aromatic rings. The van der Waals surface area contributed by atoms with Crippen molar-refractivity contribution in [2.24, 2.45) is 0 Å². The van der Waals surface area contributed by atoms with Gasteiger partial charge in [-0.2, -0.15) is 0 Å². The van der Waals surface area contributed by atoms with Gasteiger partial charge in [0.05, 0.1) is 8.07 Å². The number of ketones is 1. The molecule has 132 valence electrons. The van der Waals surface area contributed by atoms with E-state index < -0.39 is 8.07 Å². The first kappa shape index (κ1) is 19.4. The van der Waals surface area contributed by atoms with Crippen LogP contribution in [0.4, 0.5) is 0 Å². The van der Waals surface area contributed by atoms with Gasteiger partial charge in [0.15, 0.2) is 5.78 Å². The third-order valence-electron chi connectivity index (χ3n) is 4.79. The average Bonchev–Trinajstić information content (AvgIpc) is 2.61. The van der Waals surface area contributed by atoms with Crippen molar-refractivity contribution in [2.45, 2.75) is 51.7 Å². The lowest BCUT2D eigenvalue weighted by molar-refractivity contribution is 0.0973. The van der Waals surface area contributed by atoms with Gasteiger partial charge in [0, 0.05) is 12.0 Å². The Balaban J connectivity index is 2.22. The largest absolute Gasteiger partial charge is 0.294 e. The molecule has 0 bridgehead atoms. The summed E-state index contributed by atoms with van der Waals surface area (Å²) < 4.78 is 0. The number of carbonyl (C=O) groups is 1. The molecule has 25 heavy (non-hydrogen) atoms. The zero-order valence-electron chi connectivity index (χ0n) is 16.0. The quantitative estimate of drug-likeness (QED) is 0.385. The molecule has 0 saturated heterocycles. The molecule has 0 fully saturated rings. The highest BCUT2D eigenvalue weighted by Crippen LogP contribution is 2.28. The SMILES string of the molecule is CC/C(=C\CC(CC(=O)c1ccccc1)c1ccccc1)[Si](C)(C)C. The molecular weight excluding hydrogens is 320 g/mol. The van der Waals surface area contributed by atoms with Crippen molar-refractivity contribution < 1.29 is 4.79 Å². The van der Waals surface area contributed by atoms with Gasteiger partial charge in [0.2, 0.25) is 0 Å². The van der Waals surface area contributed by atoms with Crippen LogP contribution in [0.5, 0.6) is 0 Å². The van der Waals surface area contributed by atoms with Crippen LogP contribution in [0.15, 0.2) is 71.9 Å². The molecule has 0 amide bonds. The van der Waals surface area contributed by atoms with E-state index in [-0.39, 0.29) is 11.7 Å². The van der Waals surface area contributed by atoms with Crippen LogP contribution in [0.1, 0.15) is 48.0 Å². The van der Waals surface area contributed by atoms with E-state index in [1.165, 1.54) is 5.56 Å². The minimum atomic E-state index is -1.28. The maximum absolute atomic E-state index is 12.7. The molecule has 2 rings (SSSR count). The Hall–Kier alpha value is -1.93. The van der Waals surface area contributed by atoms with Gasteiger partial charge in [0.25, 0.3) is 0 Å². The summed E-state index contributed by atoms with van der Waals surface area (Å²) in [5, 5.41) is 1.60. The lowest BCUT2D eigenvalue weighted by atomic mass is 9.89. The molecule has 0 aliphatic rings. The highest BCUT2D eigenvalue weighted by Gasteiger charge is 2.20. The van der Waals surface area contributed by atoms with Crippen molar-refractivity contribution >= 4 is 13.9 Å². The van der Waals surface area contributed by atoms with Gasteiger partial charge in [0.1, 0.15) is 0 Å². The van der Waals surface area contributed by atoms with E-state index in [0.29, 0.717) is 6.42 Å². The maximum atomic E-state index is 12.7. The molecule has 0 spiro atoms. The van der Waals surface area contributed by atoms with E-state index >= 15 is 0 Å². The number of hydrogen-bond donors (Lipinski definition) is 0. The van der Waals surface area contributed by atoms with Gasteiger partial charge in [-0.25, -0.2) is 0 Å². The van der Waals surface area contributed by atoms with Crippen molar-refractivity contribution in [3.63, 3.8) is 0 Å². The predicted molar refractivity (Wildman–Crippen MR) is 111 cm³/mol. The summed E-state index contributed by atoms with van der Waals surface area (Å²) in [4.78, 5) is 12.7. The molecule has 1 nitrogen and oxygen atoms in total. The molecular formula is C23H30OSi. The number of benzene rings is 2. The summed E-state index contributed by atoms with van der Waals surface area (Å²) >= 11 is 0. The molecule has 0 radical (unpaired) electrons. The Labute approximate surface area is 153 Å². The van der Waals surface area contributed by atoms with Crippen molar-refractivity contribution in [1.82, 2.24) is 0 Å². The molecule has 0 saturated carbocycles. The summed E-state index contributed by atoms with van der Waals surface area (Å²) in [5.41, 5.74) is 2.07. The first-order chi connectivity index (χ1) is 11.9. The van der Waals surface area contributed by atoms with Crippen LogP contribution < -0.4 is 0 Å². The Kier molecular flexibility index (Phi) is 6.95. The molecule has 1 unspecified atom stereocenters. The van der Waals surface area contributed by atoms with Gasteiger partial charge in [-0.3, -0.25) is 4.79 Å². The summed E-state index contributed by atoms with van der Waals surface area (Å²) in [6.07, 6.45) is 5.04. The molecule has 2 heteroatoms. The Morgan fingerprint density at radius 1 is 0.960 bits per heavy atom. The van der Waals surface area contributed by atoms with Crippen LogP contribution in [0.2, 0.25) is 19.6 Å². The van der Waals surface area contributed by atoms with Crippen LogP contribution in [-0.2, 0) is 0 Å². The standard InChI is InChI=1S/C23H30OSi/c1-5-22(25(2,3)4)17-16-21(19-12-8-6-9-13-19)18-23(24)20-14-10-7-11-15-20/h6-15,17,21H,5,16,18H2,1-4H3/b22-17+. The third-order valence-corrected chi connectivity index (χ3v) is 7.28. The van der Waals surface area contributed by atoms with Gasteiger partial charge < -0.3 is 0 Å². The molecule has 2 aromatic carbocycles. The summed E-state index contributed by atoms with van der Waals surface area (Å²) in [6, 6.07) is 20.1. The van der Waals surface area contributed by atoms with Crippen molar-refractivity contribution in [3.05, 3.63) is 83.1 Å². The van der Waals surface area contributed by atoms with Crippen molar-refractivity contribution in [3.8, 4) is 0 Å². The zero-order chi connectivity index (χ0) is 18.3. The van der Waals surface area contributed by atoms with Crippen molar-refractivity contribution in [1.29, 1.82) is 0 Å². The lowest BCUT2D eigenvalue weighted by Crippen LogP contribution is -2.23. The molecule has 0 aliphatic carbocycles. The fraction of sp³-hybridized carbons (Fsp3) is 0.348. The number of carbonyl (C=O) groups excluding carboxylic acids is 1. The van der Waals surface area contributed by atoms with E-state index in [1.807, 2.05) is 36.4 Å². The van der Waals surface area contributed by atoms with Crippen LogP contribution in [0.25, 0.3) is 0 Å². The van der Waals surface area contributed by atoms with E-state index in [4.69, 9.17) is 0 Å². The van der Waals surface area contributed by atoms with Gasteiger partial charge in [-0.05, 0) is 24.3 Å². The lowest BCUT2D eigenvalue weighted by Gasteiger charge is -2.22. The van der Waals surface area contributed by atoms with Crippen molar-refractivity contribution in [2.75, 3.05) is 0 Å². The first-order valence-electron chi connectivity index (χ1n) is 9.24. The minimum absolute atomic E-state index is 0.230. The molecule has 0 N–H and O–H groups in total. The molecule has 1 atom stereocenters. The third kappa shape index (κ3) is 5.82. The fourth-order valence-electron chi connectivity index (χ4n) is 3.29. The number of hydrogen-bond acceptors (Lipinski definition) is 1. The Bertz CT molecular complexity index is 696. The summed E-state index contributed by atoms with van der Waals surface area (Å²) in [5.74, 6) is 0.473. The Morgan fingerprint density at radius 3 is 2.04 bits per heavy atom. The van der Waals surface area contributed by atoms with E-state index in [1.54, 1.807) is 5.20 Å². The normalized spacial score (nSPS) is 13.5. The zero-order valence-corrected chi connectivity index (χ0v) is 17.0. The number of rotatable bonds is 8. The van der Waals surface area contributed by atoms with Crippen LogP contribution in [0.3, 0.4) is 0 Å². The van der Waals surface area contributed by atoms with Crippen LogP contribution in [-0.4, -0.2) is 13.9 Å². The smallest absolute Gasteiger partial charge is 0.163 e. The minimum Gasteiger partial charge on any atom is -0.294 e. The summed E-state index contributed by atoms with van der Waals surface area (Å²) in [7, 11) is -1.28. The fourth-order valence-corrected chi connectivity index (χ4v) is 5.08. The second kappa shape index (κ2) is 8.96. The number of Topliss-reactive ketones (excluding diaryl/α,β-unsaturated/α-hetero) is 1. The van der Waals surface area contributed by atoms with Gasteiger partial charge >= 0.3 is 0 Å². The average molecular weight is 351 g/mol. The molecule has 0 heterocycles. The van der Waals surface area contributed by atoms with Gasteiger partial charge in [-0.15, -0.1) is 0 Å². The van der Waals surface area contributed by atoms with E-state index in [0.717, 1.165) is 18.4 Å². The topological polar surface area (TPSA) is 17.1 Å². The maximum Gasteiger partial charge on any atom is 0.163 e. The molecule has 0 aromatic heterocycles. The highest BCUT2D eigenvalue weighted by molar-refractivity contribution is 6.83. The first-order valence-corrected chi connectivity index (χ1v) is 12.7. The second-order valence-corrected chi connectivity index (χ2v) is 12.8. The number of allylic oxidation sites excluding steroid dienone is 2. The highest BCUT2D eigenvalue weighted by atomic mass is 28.3. The van der Waals surface area contributed by atoms with Crippen LogP contribution >= 0.6 is 0 Å². The summed E-state index contributed by atoms with van der Waals surface area (Å²) in [6.45, 7) is 9.44. The van der Waals surface area contributed by atoms with E-state index in [2.05, 4.69) is 56.9 Å². The predicted octanol–water partition coefficient (Wildman–Crippen LogP) is 6.65.